The zero-order valence-corrected chi connectivity index (χ0v) is 7.29. The molecule has 0 aromatic carbocycles. The van der Waals surface area contributed by atoms with Crippen LogP contribution in [-0.2, 0) is 0 Å². The van der Waals surface area contributed by atoms with E-state index in [-0.39, 0.29) is 18.6 Å². The highest BCUT2D eigenvalue weighted by Gasteiger charge is 2.27. The monoisotopic (exact) mass is 168 g/mol. The number of allylic oxidation sites excluding steroid dienone is 1. The van der Waals surface area contributed by atoms with Gasteiger partial charge in [0, 0.05) is 5.41 Å². The van der Waals surface area contributed by atoms with Crippen LogP contribution in [-0.4, -0.2) is 23.4 Å². The van der Waals surface area contributed by atoms with E-state index in [1.165, 1.54) is 0 Å². The van der Waals surface area contributed by atoms with E-state index in [1.54, 1.807) is 0 Å². The lowest BCUT2D eigenvalue weighted by atomic mass is 9.76. The van der Waals surface area contributed by atoms with Gasteiger partial charge in [0.05, 0.1) is 13.2 Å². The van der Waals surface area contributed by atoms with Gasteiger partial charge in [0.1, 0.15) is 0 Å². The van der Waals surface area contributed by atoms with Gasteiger partial charge in [0.25, 0.3) is 0 Å². The van der Waals surface area contributed by atoms with Crippen LogP contribution in [0.5, 0.6) is 0 Å². The Bertz CT molecular complexity index is 196. The number of hydrogen-bond acceptors (Lipinski definition) is 2. The first kappa shape index (κ1) is 9.49. The first-order valence-electron chi connectivity index (χ1n) is 4.29. The van der Waals surface area contributed by atoms with Crippen LogP contribution in [0.15, 0.2) is 24.3 Å². The van der Waals surface area contributed by atoms with Crippen LogP contribution in [0.25, 0.3) is 0 Å². The summed E-state index contributed by atoms with van der Waals surface area (Å²) in [6.07, 6.45) is 6.43. The van der Waals surface area contributed by atoms with E-state index in [1.807, 2.05) is 12.2 Å². The SMILES string of the molecule is C=CC1(CO)CC=C(CO)CC1. The molecule has 0 saturated heterocycles. The average molecular weight is 168 g/mol. The number of aliphatic hydroxyl groups excluding tert-OH is 2. The minimum atomic E-state index is -0.126. The second-order valence-corrected chi connectivity index (χ2v) is 3.45. The van der Waals surface area contributed by atoms with E-state index in [9.17, 15) is 0 Å². The summed E-state index contributed by atoms with van der Waals surface area (Å²) in [5.74, 6) is 0. The zero-order chi connectivity index (χ0) is 9.03. The van der Waals surface area contributed by atoms with Crippen molar-refractivity contribution in [3.8, 4) is 0 Å². The van der Waals surface area contributed by atoms with E-state index in [0.29, 0.717) is 0 Å². The van der Waals surface area contributed by atoms with Gasteiger partial charge in [-0.25, -0.2) is 0 Å². The Hall–Kier alpha value is -0.600. The second-order valence-electron chi connectivity index (χ2n) is 3.45. The highest BCUT2D eigenvalue weighted by atomic mass is 16.3. The lowest BCUT2D eigenvalue weighted by Gasteiger charge is -2.31. The maximum Gasteiger partial charge on any atom is 0.0641 e. The van der Waals surface area contributed by atoms with Gasteiger partial charge in [0.2, 0.25) is 0 Å². The topological polar surface area (TPSA) is 40.5 Å². The lowest BCUT2D eigenvalue weighted by Crippen LogP contribution is -2.25. The number of rotatable bonds is 3. The van der Waals surface area contributed by atoms with E-state index in [4.69, 9.17) is 10.2 Å². The third-order valence-electron chi connectivity index (χ3n) is 2.69. The fraction of sp³-hybridized carbons (Fsp3) is 0.600. The molecule has 2 heteroatoms. The second kappa shape index (κ2) is 3.87. The van der Waals surface area contributed by atoms with E-state index in [0.717, 1.165) is 24.8 Å². The third kappa shape index (κ3) is 1.76. The maximum atomic E-state index is 9.14. The molecule has 0 saturated carbocycles. The molecule has 1 atom stereocenters. The van der Waals surface area contributed by atoms with E-state index in [2.05, 4.69) is 6.58 Å². The van der Waals surface area contributed by atoms with Gasteiger partial charge in [-0.3, -0.25) is 0 Å². The Balaban J connectivity index is 2.65. The van der Waals surface area contributed by atoms with Gasteiger partial charge in [-0.15, -0.1) is 6.58 Å². The molecule has 0 aromatic rings. The largest absolute Gasteiger partial charge is 0.395 e. The fourth-order valence-corrected chi connectivity index (χ4v) is 1.50. The summed E-state index contributed by atoms with van der Waals surface area (Å²) in [4.78, 5) is 0. The molecule has 0 heterocycles. The van der Waals surface area contributed by atoms with Gasteiger partial charge >= 0.3 is 0 Å². The van der Waals surface area contributed by atoms with Crippen LogP contribution in [0.1, 0.15) is 19.3 Å². The summed E-state index contributed by atoms with van der Waals surface area (Å²) < 4.78 is 0. The highest BCUT2D eigenvalue weighted by molar-refractivity contribution is 5.13. The molecule has 0 aromatic heterocycles. The molecule has 0 spiro atoms. The predicted molar refractivity (Wildman–Crippen MR) is 48.7 cm³/mol. The summed E-state index contributed by atoms with van der Waals surface area (Å²) in [6, 6.07) is 0. The summed E-state index contributed by atoms with van der Waals surface area (Å²) in [7, 11) is 0. The molecule has 0 fully saturated rings. The molecule has 0 bridgehead atoms. The van der Waals surface area contributed by atoms with Gasteiger partial charge in [-0.1, -0.05) is 12.2 Å². The first-order chi connectivity index (χ1) is 5.76. The van der Waals surface area contributed by atoms with Gasteiger partial charge in [-0.2, -0.15) is 0 Å². The molecule has 1 aliphatic rings. The molecular weight excluding hydrogens is 152 g/mol. The summed E-state index contributed by atoms with van der Waals surface area (Å²) in [6.45, 7) is 4.04. The molecule has 68 valence electrons. The minimum Gasteiger partial charge on any atom is -0.395 e. The zero-order valence-electron chi connectivity index (χ0n) is 7.29. The highest BCUT2D eigenvalue weighted by Crippen LogP contribution is 2.35. The Morgan fingerprint density at radius 2 is 2.33 bits per heavy atom. The standard InChI is InChI=1S/C10H16O2/c1-2-10(8-12)5-3-9(7-11)4-6-10/h2-3,11-12H,1,4-8H2. The van der Waals surface area contributed by atoms with Crippen LogP contribution in [0.2, 0.25) is 0 Å². The quantitative estimate of drug-likeness (QED) is 0.623. The molecule has 0 aliphatic heterocycles. The summed E-state index contributed by atoms with van der Waals surface area (Å²) in [5, 5.41) is 18.0. The Kier molecular flexibility index (Phi) is 3.06. The number of hydrogen-bond donors (Lipinski definition) is 2. The van der Waals surface area contributed by atoms with Crippen LogP contribution in [0.3, 0.4) is 0 Å². The van der Waals surface area contributed by atoms with Crippen LogP contribution >= 0.6 is 0 Å². The molecular formula is C10H16O2. The van der Waals surface area contributed by atoms with Crippen molar-refractivity contribution in [2.75, 3.05) is 13.2 Å². The molecule has 0 amide bonds. The normalized spacial score (nSPS) is 29.7. The Labute approximate surface area is 73.2 Å². The van der Waals surface area contributed by atoms with Crippen molar-refractivity contribution in [2.24, 2.45) is 5.41 Å². The van der Waals surface area contributed by atoms with Gasteiger partial charge < -0.3 is 10.2 Å². The van der Waals surface area contributed by atoms with Crippen molar-refractivity contribution in [1.82, 2.24) is 0 Å². The Morgan fingerprint density at radius 1 is 1.58 bits per heavy atom. The van der Waals surface area contributed by atoms with Crippen molar-refractivity contribution in [3.63, 3.8) is 0 Å². The molecule has 12 heavy (non-hydrogen) atoms. The van der Waals surface area contributed by atoms with Crippen LogP contribution in [0.4, 0.5) is 0 Å². The number of aliphatic hydroxyl groups is 2. The van der Waals surface area contributed by atoms with Gasteiger partial charge in [0.15, 0.2) is 0 Å². The molecule has 1 rings (SSSR count). The molecule has 1 unspecified atom stereocenters. The van der Waals surface area contributed by atoms with Crippen molar-refractivity contribution < 1.29 is 10.2 Å². The molecule has 1 aliphatic carbocycles. The third-order valence-corrected chi connectivity index (χ3v) is 2.69. The van der Waals surface area contributed by atoms with Crippen molar-refractivity contribution in [1.29, 1.82) is 0 Å². The fourth-order valence-electron chi connectivity index (χ4n) is 1.50. The van der Waals surface area contributed by atoms with E-state index >= 15 is 0 Å². The predicted octanol–water partition coefficient (Wildman–Crippen LogP) is 1.25. The van der Waals surface area contributed by atoms with Gasteiger partial charge in [-0.05, 0) is 24.8 Å². The molecule has 2 N–H and O–H groups in total. The lowest BCUT2D eigenvalue weighted by molar-refractivity contribution is 0.154. The first-order valence-corrected chi connectivity index (χ1v) is 4.29. The Morgan fingerprint density at radius 3 is 2.67 bits per heavy atom. The van der Waals surface area contributed by atoms with Crippen molar-refractivity contribution >= 4 is 0 Å². The summed E-state index contributed by atoms with van der Waals surface area (Å²) in [5.41, 5.74) is 0.958. The van der Waals surface area contributed by atoms with Crippen LogP contribution < -0.4 is 0 Å². The molecule has 0 radical (unpaired) electrons. The molecule has 2 nitrogen and oxygen atoms in total. The van der Waals surface area contributed by atoms with Crippen molar-refractivity contribution in [3.05, 3.63) is 24.3 Å². The maximum absolute atomic E-state index is 9.14. The van der Waals surface area contributed by atoms with E-state index < -0.39 is 0 Å². The van der Waals surface area contributed by atoms with Crippen molar-refractivity contribution in [2.45, 2.75) is 19.3 Å². The smallest absolute Gasteiger partial charge is 0.0641 e. The van der Waals surface area contributed by atoms with Crippen LogP contribution in [0, 0.1) is 5.41 Å². The minimum absolute atomic E-state index is 0.126. The summed E-state index contributed by atoms with van der Waals surface area (Å²) >= 11 is 0. The average Bonchev–Trinajstić information content (AvgIpc) is 2.18.